The van der Waals surface area contributed by atoms with Gasteiger partial charge in [0.1, 0.15) is 5.82 Å². The Morgan fingerprint density at radius 1 is 1.48 bits per heavy atom. The molecule has 0 saturated carbocycles. The molecular weight excluding hydrogens is 286 g/mol. The van der Waals surface area contributed by atoms with Crippen molar-refractivity contribution in [1.29, 1.82) is 0 Å². The Labute approximate surface area is 132 Å². The van der Waals surface area contributed by atoms with Crippen molar-refractivity contribution in [2.45, 2.75) is 51.8 Å². The Hall–Kier alpha value is -0.840. The Balaban J connectivity index is 1.99. The van der Waals surface area contributed by atoms with E-state index in [4.69, 9.17) is 16.3 Å². The van der Waals surface area contributed by atoms with Gasteiger partial charge in [-0.25, -0.2) is 4.98 Å². The molecule has 1 N–H and O–H groups in total. The number of halogens is 1. The predicted molar refractivity (Wildman–Crippen MR) is 88.1 cm³/mol. The van der Waals surface area contributed by atoms with E-state index in [0.717, 1.165) is 37.5 Å². The predicted octanol–water partition coefficient (Wildman–Crippen LogP) is 3.24. The van der Waals surface area contributed by atoms with E-state index in [-0.39, 0.29) is 0 Å². The van der Waals surface area contributed by atoms with Crippen molar-refractivity contribution in [2.75, 3.05) is 25.1 Å². The zero-order valence-electron chi connectivity index (χ0n) is 13.2. The van der Waals surface area contributed by atoms with Crippen LogP contribution in [-0.4, -0.2) is 37.3 Å². The Morgan fingerprint density at radius 2 is 2.29 bits per heavy atom. The molecule has 2 rings (SSSR count). The van der Waals surface area contributed by atoms with Crippen molar-refractivity contribution < 1.29 is 4.74 Å². The lowest BCUT2D eigenvalue weighted by Crippen LogP contribution is -2.33. The zero-order chi connectivity index (χ0) is 15.2. The highest BCUT2D eigenvalue weighted by molar-refractivity contribution is 6.31. The number of hydrogen-bond acceptors (Lipinski definition) is 4. The van der Waals surface area contributed by atoms with Crippen molar-refractivity contribution in [1.82, 2.24) is 10.3 Å². The topological polar surface area (TPSA) is 37.4 Å². The summed E-state index contributed by atoms with van der Waals surface area (Å²) in [6.07, 6.45) is 5.64. The van der Waals surface area contributed by atoms with Crippen molar-refractivity contribution in [2.24, 2.45) is 0 Å². The van der Waals surface area contributed by atoms with E-state index < -0.39 is 0 Å². The number of aromatic nitrogens is 1. The van der Waals surface area contributed by atoms with Crippen LogP contribution >= 0.6 is 11.6 Å². The minimum absolute atomic E-state index is 0.318. The molecule has 5 heteroatoms. The van der Waals surface area contributed by atoms with Gasteiger partial charge >= 0.3 is 0 Å². The second kappa shape index (κ2) is 7.97. The molecular formula is C16H26ClN3O. The van der Waals surface area contributed by atoms with Crippen molar-refractivity contribution in [3.8, 4) is 0 Å². The molecule has 1 saturated heterocycles. The molecule has 4 nitrogen and oxygen atoms in total. The molecule has 1 aliphatic heterocycles. The van der Waals surface area contributed by atoms with Gasteiger partial charge in [0.2, 0.25) is 0 Å². The summed E-state index contributed by atoms with van der Waals surface area (Å²) >= 11 is 6.23. The van der Waals surface area contributed by atoms with Crippen LogP contribution in [0.15, 0.2) is 12.3 Å². The molecule has 118 valence electrons. The first-order chi connectivity index (χ1) is 10.1. The Morgan fingerprint density at radius 3 is 2.95 bits per heavy atom. The number of rotatable bonds is 6. The molecule has 0 amide bonds. The summed E-state index contributed by atoms with van der Waals surface area (Å²) in [4.78, 5) is 6.60. The quantitative estimate of drug-likeness (QED) is 0.875. The van der Waals surface area contributed by atoms with Gasteiger partial charge in [-0.15, -0.1) is 0 Å². The standard InChI is InChI=1S/C16H26ClN3O/c1-12(2)18-9-13-8-16(19-10-15(13)17)20(3)11-14-6-4-5-7-21-14/h8,10,12,14,18H,4-7,9,11H2,1-3H3. The number of likely N-dealkylation sites (N-methyl/N-ethyl adjacent to an activating group) is 1. The first kappa shape index (κ1) is 16.5. The highest BCUT2D eigenvalue weighted by Gasteiger charge is 2.17. The maximum atomic E-state index is 6.23. The largest absolute Gasteiger partial charge is 0.376 e. The van der Waals surface area contributed by atoms with Gasteiger partial charge in [0.25, 0.3) is 0 Å². The summed E-state index contributed by atoms with van der Waals surface area (Å²) in [7, 11) is 2.06. The zero-order valence-corrected chi connectivity index (χ0v) is 14.0. The molecule has 1 aromatic heterocycles. The number of nitrogens with zero attached hydrogens (tertiary/aromatic N) is 2. The van der Waals surface area contributed by atoms with Crippen LogP contribution in [0, 0.1) is 0 Å². The van der Waals surface area contributed by atoms with Gasteiger partial charge in [-0.05, 0) is 30.9 Å². The third kappa shape index (κ3) is 5.13. The molecule has 21 heavy (non-hydrogen) atoms. The molecule has 1 atom stereocenters. The van der Waals surface area contributed by atoms with E-state index in [2.05, 4.69) is 42.2 Å². The molecule has 0 aliphatic carbocycles. The van der Waals surface area contributed by atoms with Crippen LogP contribution in [0.5, 0.6) is 0 Å². The third-order valence-corrected chi connectivity index (χ3v) is 4.10. The molecule has 1 fully saturated rings. The monoisotopic (exact) mass is 311 g/mol. The molecule has 1 unspecified atom stereocenters. The Kier molecular flexibility index (Phi) is 6.27. The van der Waals surface area contributed by atoms with E-state index in [1.54, 1.807) is 6.20 Å². The van der Waals surface area contributed by atoms with Crippen LogP contribution in [0.1, 0.15) is 38.7 Å². The van der Waals surface area contributed by atoms with Crippen molar-refractivity contribution in [3.63, 3.8) is 0 Å². The fourth-order valence-electron chi connectivity index (χ4n) is 2.48. The average Bonchev–Trinajstić information content (AvgIpc) is 2.47. The smallest absolute Gasteiger partial charge is 0.128 e. The van der Waals surface area contributed by atoms with Crippen molar-refractivity contribution in [3.05, 3.63) is 22.8 Å². The molecule has 0 spiro atoms. The van der Waals surface area contributed by atoms with Gasteiger partial charge in [0.15, 0.2) is 0 Å². The highest BCUT2D eigenvalue weighted by Crippen LogP contribution is 2.21. The van der Waals surface area contributed by atoms with E-state index in [0.29, 0.717) is 17.2 Å². The number of hydrogen-bond donors (Lipinski definition) is 1. The second-order valence-corrected chi connectivity index (χ2v) is 6.45. The molecule has 1 aromatic rings. The van der Waals surface area contributed by atoms with Crippen LogP contribution < -0.4 is 10.2 Å². The lowest BCUT2D eigenvalue weighted by molar-refractivity contribution is 0.0215. The molecule has 0 bridgehead atoms. The summed E-state index contributed by atoms with van der Waals surface area (Å²) in [6.45, 7) is 6.78. The summed E-state index contributed by atoms with van der Waals surface area (Å²) < 4.78 is 5.80. The maximum absolute atomic E-state index is 6.23. The van der Waals surface area contributed by atoms with E-state index in [9.17, 15) is 0 Å². The molecule has 0 aromatic carbocycles. The number of ether oxygens (including phenoxy) is 1. The lowest BCUT2D eigenvalue weighted by Gasteiger charge is -2.28. The number of nitrogens with one attached hydrogen (secondary N) is 1. The van der Waals surface area contributed by atoms with Gasteiger partial charge < -0.3 is 15.0 Å². The van der Waals surface area contributed by atoms with Crippen molar-refractivity contribution >= 4 is 17.4 Å². The third-order valence-electron chi connectivity index (χ3n) is 3.76. The van der Waals surface area contributed by atoms with Crippen LogP contribution in [0.2, 0.25) is 5.02 Å². The molecule has 0 radical (unpaired) electrons. The van der Waals surface area contributed by atoms with Gasteiger partial charge in [0, 0.05) is 39.0 Å². The SMILES string of the molecule is CC(C)NCc1cc(N(C)CC2CCCCO2)ncc1Cl. The fourth-order valence-corrected chi connectivity index (χ4v) is 2.65. The van der Waals surface area contributed by atoms with Crippen LogP contribution in [-0.2, 0) is 11.3 Å². The summed E-state index contributed by atoms with van der Waals surface area (Å²) in [5.41, 5.74) is 1.09. The summed E-state index contributed by atoms with van der Waals surface area (Å²) in [5, 5.41) is 4.11. The van der Waals surface area contributed by atoms with Crippen LogP contribution in [0.25, 0.3) is 0 Å². The highest BCUT2D eigenvalue weighted by atomic mass is 35.5. The van der Waals surface area contributed by atoms with Gasteiger partial charge in [-0.2, -0.15) is 0 Å². The van der Waals surface area contributed by atoms with E-state index >= 15 is 0 Å². The molecule has 2 heterocycles. The van der Waals surface area contributed by atoms with Gasteiger partial charge in [-0.3, -0.25) is 0 Å². The number of pyridine rings is 1. The first-order valence-electron chi connectivity index (χ1n) is 7.77. The van der Waals surface area contributed by atoms with E-state index in [1.807, 2.05) is 0 Å². The molecule has 1 aliphatic rings. The Bertz CT molecular complexity index is 447. The fraction of sp³-hybridized carbons (Fsp3) is 0.688. The average molecular weight is 312 g/mol. The maximum Gasteiger partial charge on any atom is 0.128 e. The first-order valence-corrected chi connectivity index (χ1v) is 8.14. The van der Waals surface area contributed by atoms with Crippen LogP contribution in [0.3, 0.4) is 0 Å². The lowest BCUT2D eigenvalue weighted by atomic mass is 10.1. The summed E-state index contributed by atoms with van der Waals surface area (Å²) in [5.74, 6) is 0.953. The summed E-state index contributed by atoms with van der Waals surface area (Å²) in [6, 6.07) is 2.51. The van der Waals surface area contributed by atoms with Gasteiger partial charge in [-0.1, -0.05) is 25.4 Å². The minimum atomic E-state index is 0.318. The van der Waals surface area contributed by atoms with Gasteiger partial charge in [0.05, 0.1) is 11.1 Å². The second-order valence-electron chi connectivity index (χ2n) is 6.04. The normalized spacial score (nSPS) is 19.0. The van der Waals surface area contributed by atoms with Crippen LogP contribution in [0.4, 0.5) is 5.82 Å². The number of anilines is 1. The minimum Gasteiger partial charge on any atom is -0.376 e. The van der Waals surface area contributed by atoms with E-state index in [1.165, 1.54) is 12.8 Å².